The van der Waals surface area contributed by atoms with Crippen LogP contribution in [-0.2, 0) is 17.6 Å². The van der Waals surface area contributed by atoms with E-state index in [1.807, 2.05) is 6.07 Å². The van der Waals surface area contributed by atoms with Crippen molar-refractivity contribution in [2.45, 2.75) is 38.6 Å². The molecule has 3 rings (SSSR count). The molecule has 0 aliphatic heterocycles. The van der Waals surface area contributed by atoms with Crippen LogP contribution in [0.15, 0.2) is 22.7 Å². The quantitative estimate of drug-likeness (QED) is 0.827. The molecule has 21 heavy (non-hydrogen) atoms. The van der Waals surface area contributed by atoms with Gasteiger partial charge in [-0.25, -0.2) is 0 Å². The summed E-state index contributed by atoms with van der Waals surface area (Å²) in [7, 11) is 0. The molecule has 0 saturated carbocycles. The van der Waals surface area contributed by atoms with Crippen molar-refractivity contribution in [1.29, 1.82) is 0 Å². The first kappa shape index (κ1) is 14.2. The maximum atomic E-state index is 6.01. The summed E-state index contributed by atoms with van der Waals surface area (Å²) in [6.45, 7) is 3.17. The van der Waals surface area contributed by atoms with Crippen molar-refractivity contribution in [2.24, 2.45) is 5.73 Å². The van der Waals surface area contributed by atoms with E-state index < -0.39 is 0 Å². The number of nitrogens with zero attached hydrogens (tertiary/aromatic N) is 2. The van der Waals surface area contributed by atoms with Gasteiger partial charge in [0.25, 0.3) is 5.89 Å². The van der Waals surface area contributed by atoms with Crippen LogP contribution in [0.2, 0.25) is 0 Å². The lowest BCUT2D eigenvalue weighted by atomic mass is 10.1. The normalized spacial score (nSPS) is 15.1. The first-order chi connectivity index (χ1) is 10.3. The van der Waals surface area contributed by atoms with Crippen molar-refractivity contribution in [2.75, 3.05) is 13.2 Å². The molecule has 1 aliphatic carbocycles. The molecule has 5 nitrogen and oxygen atoms in total. The van der Waals surface area contributed by atoms with Crippen LogP contribution in [0.1, 0.15) is 42.8 Å². The van der Waals surface area contributed by atoms with Gasteiger partial charge in [-0.3, -0.25) is 0 Å². The van der Waals surface area contributed by atoms with Crippen molar-refractivity contribution >= 4 is 0 Å². The third-order valence-corrected chi connectivity index (χ3v) is 3.76. The number of rotatable bonds is 6. The highest BCUT2D eigenvalue weighted by Gasteiger charge is 2.17. The van der Waals surface area contributed by atoms with E-state index in [0.29, 0.717) is 24.9 Å². The number of aromatic nitrogens is 2. The summed E-state index contributed by atoms with van der Waals surface area (Å²) in [4.78, 5) is 4.40. The molecule has 1 aromatic carbocycles. The van der Waals surface area contributed by atoms with Gasteiger partial charge in [0.1, 0.15) is 0 Å². The fourth-order valence-corrected chi connectivity index (χ4v) is 2.64. The van der Waals surface area contributed by atoms with Crippen molar-refractivity contribution in [1.82, 2.24) is 10.1 Å². The SMILES string of the molecule is CCCOCC(N)c1noc(-c2ccc3c(c2)CCC3)n1. The van der Waals surface area contributed by atoms with E-state index in [-0.39, 0.29) is 6.04 Å². The molecule has 2 aromatic rings. The van der Waals surface area contributed by atoms with E-state index in [2.05, 4.69) is 29.2 Å². The molecule has 1 aromatic heterocycles. The van der Waals surface area contributed by atoms with Crippen LogP contribution in [-0.4, -0.2) is 23.4 Å². The molecule has 0 saturated heterocycles. The molecule has 0 fully saturated rings. The second-order valence-electron chi connectivity index (χ2n) is 5.48. The number of aryl methyl sites for hydroxylation is 2. The first-order valence-electron chi connectivity index (χ1n) is 7.57. The standard InChI is InChI=1S/C16H21N3O2/c1-2-8-20-10-14(17)15-18-16(21-19-15)13-7-6-11-4-3-5-12(11)9-13/h6-7,9,14H,2-5,8,10,17H2,1H3. The average molecular weight is 287 g/mol. The molecule has 5 heteroatoms. The highest BCUT2D eigenvalue weighted by molar-refractivity contribution is 5.56. The molecule has 2 N–H and O–H groups in total. The Hall–Kier alpha value is -1.72. The maximum Gasteiger partial charge on any atom is 0.257 e. The first-order valence-corrected chi connectivity index (χ1v) is 7.57. The molecule has 0 radical (unpaired) electrons. The lowest BCUT2D eigenvalue weighted by Crippen LogP contribution is -2.18. The molecule has 112 valence electrons. The van der Waals surface area contributed by atoms with Crippen LogP contribution in [0.25, 0.3) is 11.5 Å². The molecule has 0 amide bonds. The van der Waals surface area contributed by atoms with E-state index in [1.54, 1.807) is 0 Å². The monoisotopic (exact) mass is 287 g/mol. The number of benzene rings is 1. The average Bonchev–Trinajstić information content (AvgIpc) is 3.15. The summed E-state index contributed by atoms with van der Waals surface area (Å²) in [5, 5.41) is 3.97. The van der Waals surface area contributed by atoms with Crippen molar-refractivity contribution < 1.29 is 9.26 Å². The Bertz CT molecular complexity index is 609. The topological polar surface area (TPSA) is 74.2 Å². The molecule has 1 unspecified atom stereocenters. The number of hydrogen-bond acceptors (Lipinski definition) is 5. The molecule has 0 bridgehead atoms. The van der Waals surface area contributed by atoms with E-state index in [9.17, 15) is 0 Å². The Morgan fingerprint density at radius 1 is 1.33 bits per heavy atom. The fraction of sp³-hybridized carbons (Fsp3) is 0.500. The van der Waals surface area contributed by atoms with Gasteiger partial charge in [-0.05, 0) is 48.9 Å². The second kappa shape index (κ2) is 6.37. The molecule has 1 atom stereocenters. The highest BCUT2D eigenvalue weighted by atomic mass is 16.5. The van der Waals surface area contributed by atoms with E-state index in [0.717, 1.165) is 18.4 Å². The largest absolute Gasteiger partial charge is 0.379 e. The smallest absolute Gasteiger partial charge is 0.257 e. The van der Waals surface area contributed by atoms with Crippen LogP contribution in [0.5, 0.6) is 0 Å². The van der Waals surface area contributed by atoms with Gasteiger partial charge in [0.05, 0.1) is 12.6 Å². The van der Waals surface area contributed by atoms with Crippen LogP contribution >= 0.6 is 0 Å². The third kappa shape index (κ3) is 3.14. The van der Waals surface area contributed by atoms with Crippen LogP contribution in [0, 0.1) is 0 Å². The van der Waals surface area contributed by atoms with Crippen molar-refractivity contribution in [3.63, 3.8) is 0 Å². The zero-order valence-electron chi connectivity index (χ0n) is 12.3. The third-order valence-electron chi connectivity index (χ3n) is 3.76. The van der Waals surface area contributed by atoms with Gasteiger partial charge in [-0.15, -0.1) is 0 Å². The summed E-state index contributed by atoms with van der Waals surface area (Å²) < 4.78 is 10.8. The Labute approximate surface area is 124 Å². The van der Waals surface area contributed by atoms with Gasteiger partial charge in [-0.1, -0.05) is 18.1 Å². The zero-order valence-corrected chi connectivity index (χ0v) is 12.3. The highest BCUT2D eigenvalue weighted by Crippen LogP contribution is 2.27. The maximum absolute atomic E-state index is 6.01. The lowest BCUT2D eigenvalue weighted by molar-refractivity contribution is 0.119. The molecule has 1 heterocycles. The number of nitrogens with two attached hydrogens (primary N) is 1. The van der Waals surface area contributed by atoms with E-state index in [1.165, 1.54) is 24.0 Å². The molecule has 0 spiro atoms. The Morgan fingerprint density at radius 3 is 3.05 bits per heavy atom. The predicted molar refractivity (Wildman–Crippen MR) is 79.8 cm³/mol. The van der Waals surface area contributed by atoms with Gasteiger partial charge in [0.2, 0.25) is 0 Å². The summed E-state index contributed by atoms with van der Waals surface area (Å²) >= 11 is 0. The second-order valence-corrected chi connectivity index (χ2v) is 5.48. The minimum atomic E-state index is -0.344. The summed E-state index contributed by atoms with van der Waals surface area (Å²) in [5.74, 6) is 1.03. The minimum Gasteiger partial charge on any atom is -0.379 e. The lowest BCUT2D eigenvalue weighted by Gasteiger charge is -2.06. The van der Waals surface area contributed by atoms with Crippen LogP contribution in [0.4, 0.5) is 0 Å². The zero-order chi connectivity index (χ0) is 14.7. The van der Waals surface area contributed by atoms with Gasteiger partial charge < -0.3 is 15.0 Å². The van der Waals surface area contributed by atoms with Crippen molar-refractivity contribution in [3.8, 4) is 11.5 Å². The summed E-state index contributed by atoms with van der Waals surface area (Å²) in [6.07, 6.45) is 4.51. The van der Waals surface area contributed by atoms with Gasteiger partial charge in [0, 0.05) is 12.2 Å². The van der Waals surface area contributed by atoms with Gasteiger partial charge >= 0.3 is 0 Å². The Balaban J connectivity index is 1.72. The Kier molecular flexibility index (Phi) is 4.31. The van der Waals surface area contributed by atoms with Crippen molar-refractivity contribution in [3.05, 3.63) is 35.2 Å². The van der Waals surface area contributed by atoms with E-state index >= 15 is 0 Å². The minimum absolute atomic E-state index is 0.344. The number of hydrogen-bond donors (Lipinski definition) is 1. The van der Waals surface area contributed by atoms with Crippen LogP contribution < -0.4 is 5.73 Å². The van der Waals surface area contributed by atoms with E-state index in [4.69, 9.17) is 15.0 Å². The summed E-state index contributed by atoms with van der Waals surface area (Å²) in [6, 6.07) is 6.01. The fourth-order valence-electron chi connectivity index (χ4n) is 2.64. The Morgan fingerprint density at radius 2 is 2.19 bits per heavy atom. The van der Waals surface area contributed by atoms with Gasteiger partial charge in [0.15, 0.2) is 5.82 Å². The molecular formula is C16H21N3O2. The number of ether oxygens (including phenoxy) is 1. The molecule has 1 aliphatic rings. The predicted octanol–water partition coefficient (Wildman–Crippen LogP) is 2.65. The van der Waals surface area contributed by atoms with Gasteiger partial charge in [-0.2, -0.15) is 4.98 Å². The number of fused-ring (bicyclic) bond motifs is 1. The summed E-state index contributed by atoms with van der Waals surface area (Å²) in [5.41, 5.74) is 9.80. The van der Waals surface area contributed by atoms with Crippen LogP contribution in [0.3, 0.4) is 0 Å². The molecular weight excluding hydrogens is 266 g/mol.